The van der Waals surface area contributed by atoms with Gasteiger partial charge in [0.15, 0.2) is 0 Å². The zero-order chi connectivity index (χ0) is 21.6. The predicted molar refractivity (Wildman–Crippen MR) is 119 cm³/mol. The van der Waals surface area contributed by atoms with E-state index >= 15 is 0 Å². The average Bonchev–Trinajstić information content (AvgIpc) is 3.21. The highest BCUT2D eigenvalue weighted by atomic mass is 16.3. The predicted octanol–water partition coefficient (Wildman–Crippen LogP) is 4.55. The highest BCUT2D eigenvalue weighted by Crippen LogP contribution is 2.21. The van der Waals surface area contributed by atoms with Crippen molar-refractivity contribution >= 4 is 11.7 Å². The highest BCUT2D eigenvalue weighted by Gasteiger charge is 2.24. The minimum atomic E-state index is -0.740. The Kier molecular flexibility index (Phi) is 6.90. The number of urea groups is 1. The molecule has 0 radical (unpaired) electrons. The van der Waals surface area contributed by atoms with Crippen LogP contribution >= 0.6 is 0 Å². The van der Waals surface area contributed by atoms with E-state index in [1.807, 2.05) is 71.5 Å². The molecule has 0 aliphatic rings. The summed E-state index contributed by atoms with van der Waals surface area (Å²) in [5, 5.41) is 17.8. The van der Waals surface area contributed by atoms with Gasteiger partial charge in [0.2, 0.25) is 0 Å². The number of nitrogens with zero attached hydrogens (tertiary/aromatic N) is 3. The third-order valence-corrected chi connectivity index (χ3v) is 4.64. The second-order valence-electron chi connectivity index (χ2n) is 8.70. The summed E-state index contributed by atoms with van der Waals surface area (Å²) in [4.78, 5) is 14.7. The Labute approximate surface area is 178 Å². The Morgan fingerprint density at radius 1 is 1.10 bits per heavy atom. The standard InChI is InChI=1S/C24H30N4O2/c1-24(2,3)18-27(17-22(29)20-8-5-4-6-9-20)23(30)26-21-12-10-19(11-13-21)16-28-15-7-14-25-28/h4-15,22,29H,16-18H2,1-3H3,(H,26,30). The number of amides is 2. The highest BCUT2D eigenvalue weighted by molar-refractivity contribution is 5.89. The maximum Gasteiger partial charge on any atom is 0.321 e. The lowest BCUT2D eigenvalue weighted by atomic mass is 9.95. The van der Waals surface area contributed by atoms with E-state index in [-0.39, 0.29) is 18.0 Å². The number of nitrogens with one attached hydrogen (secondary N) is 1. The van der Waals surface area contributed by atoms with Gasteiger partial charge in [0.05, 0.1) is 19.2 Å². The molecule has 158 valence electrons. The van der Waals surface area contributed by atoms with Gasteiger partial charge in [0.25, 0.3) is 0 Å². The lowest BCUT2D eigenvalue weighted by molar-refractivity contribution is 0.110. The SMILES string of the molecule is CC(C)(C)CN(CC(O)c1ccccc1)C(=O)Nc1ccc(Cn2cccn2)cc1. The van der Waals surface area contributed by atoms with Crippen molar-refractivity contribution in [1.29, 1.82) is 0 Å². The van der Waals surface area contributed by atoms with Gasteiger partial charge in [-0.05, 0) is 34.7 Å². The first-order valence-corrected chi connectivity index (χ1v) is 10.2. The van der Waals surface area contributed by atoms with Gasteiger partial charge < -0.3 is 15.3 Å². The summed E-state index contributed by atoms with van der Waals surface area (Å²) < 4.78 is 1.85. The zero-order valence-corrected chi connectivity index (χ0v) is 17.8. The van der Waals surface area contributed by atoms with Crippen LogP contribution in [-0.2, 0) is 6.54 Å². The molecular formula is C24H30N4O2. The Bertz CT molecular complexity index is 916. The van der Waals surface area contributed by atoms with Gasteiger partial charge in [-0.15, -0.1) is 0 Å². The molecule has 0 fully saturated rings. The minimum Gasteiger partial charge on any atom is -0.387 e. The summed E-state index contributed by atoms with van der Waals surface area (Å²) in [6, 6.07) is 18.8. The zero-order valence-electron chi connectivity index (χ0n) is 17.8. The van der Waals surface area contributed by atoms with Crippen LogP contribution in [0.2, 0.25) is 0 Å². The van der Waals surface area contributed by atoms with Crippen LogP contribution in [-0.4, -0.2) is 38.9 Å². The number of carbonyl (C=O) groups excluding carboxylic acids is 1. The molecule has 2 amide bonds. The maximum atomic E-state index is 13.0. The fourth-order valence-corrected chi connectivity index (χ4v) is 3.26. The van der Waals surface area contributed by atoms with E-state index in [9.17, 15) is 9.90 Å². The van der Waals surface area contributed by atoms with Crippen molar-refractivity contribution in [2.75, 3.05) is 18.4 Å². The number of hydrogen-bond acceptors (Lipinski definition) is 3. The van der Waals surface area contributed by atoms with E-state index < -0.39 is 6.10 Å². The maximum absolute atomic E-state index is 13.0. The largest absolute Gasteiger partial charge is 0.387 e. The van der Waals surface area contributed by atoms with E-state index in [4.69, 9.17) is 0 Å². The molecule has 2 aromatic carbocycles. The summed E-state index contributed by atoms with van der Waals surface area (Å²) in [6.45, 7) is 7.66. The molecule has 6 nitrogen and oxygen atoms in total. The number of aliphatic hydroxyl groups excluding tert-OH is 1. The van der Waals surface area contributed by atoms with E-state index in [2.05, 4.69) is 31.2 Å². The van der Waals surface area contributed by atoms with Gasteiger partial charge >= 0.3 is 6.03 Å². The van der Waals surface area contributed by atoms with Crippen LogP contribution in [0.5, 0.6) is 0 Å². The van der Waals surface area contributed by atoms with Crippen molar-refractivity contribution in [2.24, 2.45) is 5.41 Å². The smallest absolute Gasteiger partial charge is 0.321 e. The van der Waals surface area contributed by atoms with Crippen molar-refractivity contribution in [2.45, 2.75) is 33.4 Å². The first-order chi connectivity index (χ1) is 14.3. The summed E-state index contributed by atoms with van der Waals surface area (Å²) in [5.74, 6) is 0. The lowest BCUT2D eigenvalue weighted by Gasteiger charge is -2.31. The molecule has 0 spiro atoms. The minimum absolute atomic E-state index is 0.0959. The fourth-order valence-electron chi connectivity index (χ4n) is 3.26. The first kappa shape index (κ1) is 21.6. The van der Waals surface area contributed by atoms with Gasteiger partial charge in [-0.2, -0.15) is 5.10 Å². The molecule has 6 heteroatoms. The molecule has 1 aromatic heterocycles. The number of hydrogen-bond donors (Lipinski definition) is 2. The van der Waals surface area contributed by atoms with Gasteiger partial charge in [-0.3, -0.25) is 4.68 Å². The molecule has 2 N–H and O–H groups in total. The number of carbonyl (C=O) groups is 1. The second-order valence-corrected chi connectivity index (χ2v) is 8.70. The van der Waals surface area contributed by atoms with Crippen molar-refractivity contribution in [3.63, 3.8) is 0 Å². The molecule has 1 atom stereocenters. The van der Waals surface area contributed by atoms with Crippen LogP contribution in [0.4, 0.5) is 10.5 Å². The topological polar surface area (TPSA) is 70.4 Å². The Morgan fingerprint density at radius 2 is 1.80 bits per heavy atom. The Morgan fingerprint density at radius 3 is 2.40 bits per heavy atom. The molecule has 3 rings (SSSR count). The first-order valence-electron chi connectivity index (χ1n) is 10.2. The Hall–Kier alpha value is -3.12. The summed E-state index contributed by atoms with van der Waals surface area (Å²) in [5.41, 5.74) is 2.52. The van der Waals surface area contributed by atoms with Crippen molar-refractivity contribution in [1.82, 2.24) is 14.7 Å². The Balaban J connectivity index is 1.66. The van der Waals surface area contributed by atoms with Crippen molar-refractivity contribution in [3.8, 4) is 0 Å². The third kappa shape index (κ3) is 6.46. The van der Waals surface area contributed by atoms with E-state index in [0.717, 1.165) is 16.8 Å². The molecular weight excluding hydrogens is 376 g/mol. The monoisotopic (exact) mass is 406 g/mol. The van der Waals surface area contributed by atoms with E-state index in [0.29, 0.717) is 13.1 Å². The molecule has 0 bridgehead atoms. The van der Waals surface area contributed by atoms with Crippen molar-refractivity contribution in [3.05, 3.63) is 84.2 Å². The lowest BCUT2D eigenvalue weighted by Crippen LogP contribution is -2.42. The number of aromatic nitrogens is 2. The number of benzene rings is 2. The van der Waals surface area contributed by atoms with Crippen LogP contribution in [0.25, 0.3) is 0 Å². The van der Waals surface area contributed by atoms with Gasteiger partial charge in [-0.25, -0.2) is 4.79 Å². The molecule has 0 saturated heterocycles. The van der Waals surface area contributed by atoms with Crippen LogP contribution in [0, 0.1) is 5.41 Å². The molecule has 3 aromatic rings. The summed E-state index contributed by atoms with van der Waals surface area (Å²) in [7, 11) is 0. The van der Waals surface area contributed by atoms with E-state index in [1.165, 1.54) is 0 Å². The summed E-state index contributed by atoms with van der Waals surface area (Å²) in [6.07, 6.45) is 2.93. The molecule has 1 unspecified atom stereocenters. The summed E-state index contributed by atoms with van der Waals surface area (Å²) >= 11 is 0. The number of rotatable bonds is 7. The van der Waals surface area contributed by atoms with Crippen LogP contribution in [0.15, 0.2) is 73.1 Å². The van der Waals surface area contributed by atoms with Crippen LogP contribution in [0.1, 0.15) is 38.0 Å². The number of aliphatic hydroxyl groups is 1. The normalized spacial score (nSPS) is 12.4. The number of anilines is 1. The molecule has 0 aliphatic heterocycles. The van der Waals surface area contributed by atoms with Crippen LogP contribution in [0.3, 0.4) is 0 Å². The molecule has 1 heterocycles. The average molecular weight is 407 g/mol. The van der Waals surface area contributed by atoms with Gasteiger partial charge in [0.1, 0.15) is 0 Å². The van der Waals surface area contributed by atoms with Gasteiger partial charge in [0, 0.05) is 24.6 Å². The molecule has 0 aliphatic carbocycles. The third-order valence-electron chi connectivity index (χ3n) is 4.64. The van der Waals surface area contributed by atoms with Crippen LogP contribution < -0.4 is 5.32 Å². The molecule has 0 saturated carbocycles. The second kappa shape index (κ2) is 9.59. The van der Waals surface area contributed by atoms with E-state index in [1.54, 1.807) is 11.1 Å². The quantitative estimate of drug-likeness (QED) is 0.605. The van der Waals surface area contributed by atoms with Crippen molar-refractivity contribution < 1.29 is 9.90 Å². The fraction of sp³-hybridized carbons (Fsp3) is 0.333. The van der Waals surface area contributed by atoms with Gasteiger partial charge in [-0.1, -0.05) is 63.2 Å². The molecule has 30 heavy (non-hydrogen) atoms.